The maximum atomic E-state index is 11.3. The lowest BCUT2D eigenvalue weighted by Crippen LogP contribution is -2.05. The first kappa shape index (κ1) is 16.1. The number of aromatic carboxylic acids is 1. The van der Waals surface area contributed by atoms with Crippen LogP contribution in [0.25, 0.3) is 0 Å². The Labute approximate surface area is 140 Å². The Morgan fingerprint density at radius 1 is 1.24 bits per heavy atom. The van der Waals surface area contributed by atoms with Gasteiger partial charge in [0.1, 0.15) is 17.9 Å². The Kier molecular flexibility index (Phi) is 5.14. The third-order valence-electron chi connectivity index (χ3n) is 2.84. The number of rotatable bonds is 4. The Balaban J connectivity index is 2.27. The molecule has 3 nitrogen and oxygen atoms in total. The average Bonchev–Trinajstić information content (AvgIpc) is 2.40. The number of benzene rings is 2. The molecule has 0 heterocycles. The van der Waals surface area contributed by atoms with E-state index in [1.54, 1.807) is 31.2 Å². The molecule has 0 aliphatic carbocycles. The summed E-state index contributed by atoms with van der Waals surface area (Å²) >= 11 is 15.1. The Bertz CT molecular complexity index is 702. The van der Waals surface area contributed by atoms with Crippen LogP contribution in [-0.2, 0) is 6.61 Å². The molecule has 110 valence electrons. The summed E-state index contributed by atoms with van der Waals surface area (Å²) in [7, 11) is 0. The van der Waals surface area contributed by atoms with Gasteiger partial charge in [0.15, 0.2) is 0 Å². The van der Waals surface area contributed by atoms with Crippen LogP contribution in [0.1, 0.15) is 21.5 Å². The summed E-state index contributed by atoms with van der Waals surface area (Å²) in [5.74, 6) is -0.694. The molecule has 0 aromatic heterocycles. The molecule has 0 amide bonds. The molecule has 2 rings (SSSR count). The normalized spacial score (nSPS) is 10.5. The largest absolute Gasteiger partial charge is 0.488 e. The van der Waals surface area contributed by atoms with Gasteiger partial charge in [-0.2, -0.15) is 0 Å². The van der Waals surface area contributed by atoms with E-state index < -0.39 is 5.97 Å². The lowest BCUT2D eigenvalue weighted by atomic mass is 10.1. The van der Waals surface area contributed by atoms with Crippen molar-refractivity contribution in [3.63, 3.8) is 0 Å². The fourth-order valence-corrected chi connectivity index (χ4v) is 2.76. The molecule has 0 spiro atoms. The molecule has 2 aromatic carbocycles. The van der Waals surface area contributed by atoms with E-state index in [0.29, 0.717) is 20.3 Å². The van der Waals surface area contributed by atoms with Crippen LogP contribution in [0.3, 0.4) is 0 Å². The first-order chi connectivity index (χ1) is 9.88. The monoisotopic (exact) mass is 388 g/mol. The third-order valence-corrected chi connectivity index (χ3v) is 4.03. The van der Waals surface area contributed by atoms with Crippen molar-refractivity contribution >= 4 is 45.1 Å². The second kappa shape index (κ2) is 6.69. The van der Waals surface area contributed by atoms with Crippen molar-refractivity contribution < 1.29 is 14.6 Å². The van der Waals surface area contributed by atoms with Crippen molar-refractivity contribution in [3.05, 3.63) is 61.5 Å². The van der Waals surface area contributed by atoms with Crippen LogP contribution < -0.4 is 4.74 Å². The maximum Gasteiger partial charge on any atom is 0.339 e. The SMILES string of the molecule is Cc1cc(Br)cc(C(=O)O)c1OCc1ccc(Cl)c(Cl)c1. The van der Waals surface area contributed by atoms with Gasteiger partial charge in [0.05, 0.1) is 10.0 Å². The predicted octanol–water partition coefficient (Wildman–Crippen LogP) is 5.34. The van der Waals surface area contributed by atoms with E-state index in [1.807, 2.05) is 0 Å². The zero-order chi connectivity index (χ0) is 15.6. The highest BCUT2D eigenvalue weighted by Gasteiger charge is 2.15. The lowest BCUT2D eigenvalue weighted by Gasteiger charge is -2.13. The first-order valence-corrected chi connectivity index (χ1v) is 7.53. The highest BCUT2D eigenvalue weighted by atomic mass is 79.9. The molecule has 0 bridgehead atoms. The van der Waals surface area contributed by atoms with Crippen LogP contribution in [0, 0.1) is 6.92 Å². The van der Waals surface area contributed by atoms with E-state index in [2.05, 4.69) is 15.9 Å². The summed E-state index contributed by atoms with van der Waals surface area (Å²) in [6, 6.07) is 8.46. The number of carbonyl (C=O) groups is 1. The van der Waals surface area contributed by atoms with Gasteiger partial charge in [-0.05, 0) is 42.3 Å². The van der Waals surface area contributed by atoms with Gasteiger partial charge in [0.2, 0.25) is 0 Å². The van der Waals surface area contributed by atoms with Crippen LogP contribution in [0.5, 0.6) is 5.75 Å². The predicted molar refractivity (Wildman–Crippen MR) is 86.6 cm³/mol. The van der Waals surface area contributed by atoms with E-state index in [9.17, 15) is 9.90 Å². The van der Waals surface area contributed by atoms with E-state index >= 15 is 0 Å². The molecule has 0 fully saturated rings. The molecule has 0 saturated carbocycles. The standard InChI is InChI=1S/C15H11BrCl2O3/c1-8-4-10(16)6-11(15(19)20)14(8)21-7-9-2-3-12(17)13(18)5-9/h2-6H,7H2,1H3,(H,19,20). The fourth-order valence-electron chi connectivity index (χ4n) is 1.87. The lowest BCUT2D eigenvalue weighted by molar-refractivity contribution is 0.0691. The van der Waals surface area contributed by atoms with E-state index in [-0.39, 0.29) is 12.2 Å². The van der Waals surface area contributed by atoms with Gasteiger partial charge < -0.3 is 9.84 Å². The summed E-state index contributed by atoms with van der Waals surface area (Å²) in [5, 5.41) is 10.2. The van der Waals surface area contributed by atoms with Gasteiger partial charge in [-0.1, -0.05) is 45.2 Å². The highest BCUT2D eigenvalue weighted by Crippen LogP contribution is 2.29. The van der Waals surface area contributed by atoms with Crippen molar-refractivity contribution in [2.75, 3.05) is 0 Å². The van der Waals surface area contributed by atoms with Gasteiger partial charge in [-0.3, -0.25) is 0 Å². The number of hydrogen-bond acceptors (Lipinski definition) is 2. The summed E-state index contributed by atoms with van der Waals surface area (Å²) in [4.78, 5) is 11.3. The molecule has 0 aliphatic heterocycles. The summed E-state index contributed by atoms with van der Waals surface area (Å²) in [6.45, 7) is 2.00. The van der Waals surface area contributed by atoms with Crippen molar-refractivity contribution in [2.24, 2.45) is 0 Å². The van der Waals surface area contributed by atoms with E-state index in [1.165, 1.54) is 6.07 Å². The first-order valence-electron chi connectivity index (χ1n) is 5.98. The summed E-state index contributed by atoms with van der Waals surface area (Å²) in [6.07, 6.45) is 0. The number of hydrogen-bond donors (Lipinski definition) is 1. The van der Waals surface area contributed by atoms with Crippen LogP contribution in [0.4, 0.5) is 0 Å². The van der Waals surface area contributed by atoms with Gasteiger partial charge in [0.25, 0.3) is 0 Å². The minimum atomic E-state index is -1.04. The van der Waals surface area contributed by atoms with Crippen molar-refractivity contribution in [1.82, 2.24) is 0 Å². The third kappa shape index (κ3) is 3.90. The van der Waals surface area contributed by atoms with Gasteiger partial charge in [-0.25, -0.2) is 4.79 Å². The number of halogens is 3. The topological polar surface area (TPSA) is 46.5 Å². The van der Waals surface area contributed by atoms with Crippen molar-refractivity contribution in [1.29, 1.82) is 0 Å². The maximum absolute atomic E-state index is 11.3. The Morgan fingerprint density at radius 3 is 2.57 bits per heavy atom. The van der Waals surface area contributed by atoms with Gasteiger partial charge in [0, 0.05) is 4.47 Å². The van der Waals surface area contributed by atoms with Gasteiger partial charge in [-0.15, -0.1) is 0 Å². The average molecular weight is 390 g/mol. The minimum Gasteiger partial charge on any atom is -0.488 e. The van der Waals surface area contributed by atoms with Crippen LogP contribution in [0.15, 0.2) is 34.8 Å². The molecule has 2 aromatic rings. The molecule has 0 radical (unpaired) electrons. The second-order valence-electron chi connectivity index (χ2n) is 4.44. The molecular formula is C15H11BrCl2O3. The number of carboxylic acid groups (broad SMARTS) is 1. The van der Waals surface area contributed by atoms with E-state index in [0.717, 1.165) is 11.1 Å². The zero-order valence-corrected chi connectivity index (χ0v) is 14.1. The molecule has 6 heteroatoms. The van der Waals surface area contributed by atoms with E-state index in [4.69, 9.17) is 27.9 Å². The molecule has 1 N–H and O–H groups in total. The molecule has 0 aliphatic rings. The molecule has 0 unspecified atom stereocenters. The van der Waals surface area contributed by atoms with Crippen LogP contribution in [0.2, 0.25) is 10.0 Å². The Hall–Kier alpha value is -1.23. The second-order valence-corrected chi connectivity index (χ2v) is 6.17. The highest BCUT2D eigenvalue weighted by molar-refractivity contribution is 9.10. The zero-order valence-electron chi connectivity index (χ0n) is 11.0. The minimum absolute atomic E-state index is 0.113. The molecule has 21 heavy (non-hydrogen) atoms. The summed E-state index contributed by atoms with van der Waals surface area (Å²) < 4.78 is 6.36. The number of ether oxygens (including phenoxy) is 1. The number of carboxylic acids is 1. The molecule has 0 saturated heterocycles. The summed E-state index contributed by atoms with van der Waals surface area (Å²) in [5.41, 5.74) is 1.66. The van der Waals surface area contributed by atoms with Crippen molar-refractivity contribution in [3.8, 4) is 5.75 Å². The molecular weight excluding hydrogens is 379 g/mol. The van der Waals surface area contributed by atoms with Crippen molar-refractivity contribution in [2.45, 2.75) is 13.5 Å². The smallest absolute Gasteiger partial charge is 0.339 e. The van der Waals surface area contributed by atoms with Crippen LogP contribution >= 0.6 is 39.1 Å². The quantitative estimate of drug-likeness (QED) is 0.767. The van der Waals surface area contributed by atoms with Gasteiger partial charge >= 0.3 is 5.97 Å². The number of aryl methyl sites for hydroxylation is 1. The Morgan fingerprint density at radius 2 is 1.95 bits per heavy atom. The van der Waals surface area contributed by atoms with Crippen LogP contribution in [-0.4, -0.2) is 11.1 Å². The molecule has 0 atom stereocenters. The fraction of sp³-hybridized carbons (Fsp3) is 0.133.